The Balaban J connectivity index is 1.87. The number of thiol groups is 1. The number of nitriles is 1. The molecule has 2 aliphatic rings. The Labute approximate surface area is 185 Å². The van der Waals surface area contributed by atoms with Crippen LogP contribution >= 0.6 is 12.6 Å². The van der Waals surface area contributed by atoms with Gasteiger partial charge in [0.25, 0.3) is 0 Å². The van der Waals surface area contributed by atoms with Crippen LogP contribution in [0.2, 0.25) is 0 Å². The molecule has 170 valence electrons. The van der Waals surface area contributed by atoms with Crippen molar-refractivity contribution in [1.82, 2.24) is 9.88 Å². The topological polar surface area (TPSA) is 80.5 Å². The molecular weight excluding hydrogens is 429 g/mol. The summed E-state index contributed by atoms with van der Waals surface area (Å²) in [7, 11) is 0. The standard InChI is InChI=1S/C21H27F3N4O2S/c1-20(2)18(30)27(15-10-16(21(22,23)24)17(11-25)26-12-15)19(31)28(20)14-7-5-13(6-8-14)4-3-9-29/h10,12-14,19,29,31H,3-9H2,1-2H3. The van der Waals surface area contributed by atoms with Crippen molar-refractivity contribution in [2.24, 2.45) is 5.92 Å². The molecule has 2 fully saturated rings. The Morgan fingerprint density at radius 1 is 1.32 bits per heavy atom. The first-order valence-electron chi connectivity index (χ1n) is 10.4. The molecule has 1 N–H and O–H groups in total. The monoisotopic (exact) mass is 456 g/mol. The van der Waals surface area contributed by atoms with Gasteiger partial charge >= 0.3 is 6.18 Å². The summed E-state index contributed by atoms with van der Waals surface area (Å²) in [5.74, 6) is 0.186. The normalized spacial score (nSPS) is 26.8. The number of aromatic nitrogens is 1. The zero-order valence-corrected chi connectivity index (χ0v) is 18.5. The lowest BCUT2D eigenvalue weighted by Crippen LogP contribution is -2.51. The highest BCUT2D eigenvalue weighted by Crippen LogP contribution is 2.43. The lowest BCUT2D eigenvalue weighted by atomic mass is 9.82. The zero-order chi connectivity index (χ0) is 23.0. The van der Waals surface area contributed by atoms with Crippen LogP contribution in [0.4, 0.5) is 18.9 Å². The number of alkyl halides is 3. The van der Waals surface area contributed by atoms with Crippen LogP contribution in [0.3, 0.4) is 0 Å². The van der Waals surface area contributed by atoms with E-state index in [2.05, 4.69) is 17.6 Å². The fourth-order valence-electron chi connectivity index (χ4n) is 4.80. The number of halogens is 3. The second-order valence-corrected chi connectivity index (χ2v) is 9.19. The number of anilines is 1. The SMILES string of the molecule is CC1(C)C(=O)N(c2cnc(C#N)c(C(F)(F)F)c2)C(S)N1C1CCC(CCCO)CC1. The Morgan fingerprint density at radius 2 is 1.97 bits per heavy atom. The van der Waals surface area contributed by atoms with Crippen molar-refractivity contribution >= 4 is 24.2 Å². The van der Waals surface area contributed by atoms with Gasteiger partial charge < -0.3 is 5.11 Å². The lowest BCUT2D eigenvalue weighted by molar-refractivity contribution is -0.138. The first-order valence-corrected chi connectivity index (χ1v) is 10.9. The third-order valence-corrected chi connectivity index (χ3v) is 6.89. The lowest BCUT2D eigenvalue weighted by Gasteiger charge is -2.41. The highest BCUT2D eigenvalue weighted by molar-refractivity contribution is 7.81. The van der Waals surface area contributed by atoms with Crippen molar-refractivity contribution in [3.05, 3.63) is 23.5 Å². The molecular formula is C21H27F3N4O2S. The van der Waals surface area contributed by atoms with Crippen molar-refractivity contribution in [1.29, 1.82) is 5.26 Å². The molecule has 2 heterocycles. The minimum atomic E-state index is -4.76. The van der Waals surface area contributed by atoms with Crippen LogP contribution in [0.1, 0.15) is 63.6 Å². The van der Waals surface area contributed by atoms with Gasteiger partial charge in [-0.25, -0.2) is 4.98 Å². The summed E-state index contributed by atoms with van der Waals surface area (Å²) in [5.41, 5.74) is -3.60. The Morgan fingerprint density at radius 3 is 2.52 bits per heavy atom. The summed E-state index contributed by atoms with van der Waals surface area (Å²) in [6, 6.07) is 2.34. The molecule has 1 saturated carbocycles. The average Bonchev–Trinajstić information content (AvgIpc) is 2.90. The molecule has 10 heteroatoms. The van der Waals surface area contributed by atoms with Gasteiger partial charge in [-0.3, -0.25) is 14.6 Å². The van der Waals surface area contributed by atoms with Gasteiger partial charge in [0, 0.05) is 12.6 Å². The number of carbonyl (C=O) groups excluding carboxylic acids is 1. The van der Waals surface area contributed by atoms with Crippen LogP contribution in [-0.4, -0.2) is 44.6 Å². The van der Waals surface area contributed by atoms with Gasteiger partial charge in [-0.05, 0) is 64.4 Å². The van der Waals surface area contributed by atoms with Crippen molar-refractivity contribution in [2.75, 3.05) is 11.5 Å². The molecule has 3 rings (SSSR count). The van der Waals surface area contributed by atoms with E-state index in [1.807, 2.05) is 4.90 Å². The molecule has 1 aromatic heterocycles. The number of aliphatic hydroxyl groups excluding tert-OH is 1. The number of nitrogens with zero attached hydrogens (tertiary/aromatic N) is 4. The molecule has 1 aliphatic carbocycles. The predicted molar refractivity (Wildman–Crippen MR) is 112 cm³/mol. The van der Waals surface area contributed by atoms with Crippen LogP contribution in [0.5, 0.6) is 0 Å². The number of rotatable bonds is 5. The summed E-state index contributed by atoms with van der Waals surface area (Å²) < 4.78 is 40.2. The van der Waals surface area contributed by atoms with E-state index in [4.69, 9.17) is 10.4 Å². The maximum absolute atomic E-state index is 13.4. The van der Waals surface area contributed by atoms with E-state index in [-0.39, 0.29) is 24.2 Å². The van der Waals surface area contributed by atoms with E-state index in [0.717, 1.165) is 50.8 Å². The Kier molecular flexibility index (Phi) is 6.89. The zero-order valence-electron chi connectivity index (χ0n) is 17.6. The summed E-state index contributed by atoms with van der Waals surface area (Å²) in [5, 5.41) is 18.0. The molecule has 0 aromatic carbocycles. The van der Waals surface area contributed by atoms with E-state index in [1.54, 1.807) is 13.8 Å². The number of hydrogen-bond donors (Lipinski definition) is 2. The number of pyridine rings is 1. The average molecular weight is 457 g/mol. The van der Waals surface area contributed by atoms with Crippen LogP contribution < -0.4 is 4.90 Å². The third kappa shape index (κ3) is 4.54. The van der Waals surface area contributed by atoms with Crippen molar-refractivity contribution < 1.29 is 23.1 Å². The summed E-state index contributed by atoms with van der Waals surface area (Å²) >= 11 is 4.64. The first kappa shape index (κ1) is 23.8. The van der Waals surface area contributed by atoms with E-state index in [0.29, 0.717) is 5.92 Å². The second-order valence-electron chi connectivity index (χ2n) is 8.73. The fraction of sp³-hybridized carbons (Fsp3) is 0.667. The highest BCUT2D eigenvalue weighted by atomic mass is 32.1. The molecule has 0 bridgehead atoms. The van der Waals surface area contributed by atoms with Gasteiger partial charge in [0.15, 0.2) is 5.69 Å². The van der Waals surface area contributed by atoms with Crippen molar-refractivity contribution in [3.63, 3.8) is 0 Å². The largest absolute Gasteiger partial charge is 0.419 e. The third-order valence-electron chi connectivity index (χ3n) is 6.41. The van der Waals surface area contributed by atoms with E-state index < -0.39 is 28.5 Å². The summed E-state index contributed by atoms with van der Waals surface area (Å²) in [4.78, 5) is 20.1. The van der Waals surface area contributed by atoms with Crippen molar-refractivity contribution in [3.8, 4) is 6.07 Å². The molecule has 0 spiro atoms. The van der Waals surface area contributed by atoms with Gasteiger partial charge in [-0.1, -0.05) is 0 Å². The molecule has 1 atom stereocenters. The number of carbonyl (C=O) groups is 1. The molecule has 1 amide bonds. The van der Waals surface area contributed by atoms with Crippen LogP contribution in [0.15, 0.2) is 12.3 Å². The maximum Gasteiger partial charge on any atom is 0.419 e. The molecule has 1 saturated heterocycles. The molecule has 1 aliphatic heterocycles. The van der Waals surface area contributed by atoms with Crippen molar-refractivity contribution in [2.45, 2.75) is 75.6 Å². The quantitative estimate of drug-likeness (QED) is 0.656. The second kappa shape index (κ2) is 8.96. The Hall–Kier alpha value is -1.83. The first-order chi connectivity index (χ1) is 14.5. The van der Waals surface area contributed by atoms with Gasteiger partial charge in [-0.2, -0.15) is 18.4 Å². The van der Waals surface area contributed by atoms with Crippen LogP contribution in [0.25, 0.3) is 0 Å². The summed E-state index contributed by atoms with van der Waals surface area (Å²) in [6.45, 7) is 3.70. The van der Waals surface area contributed by atoms with Gasteiger partial charge in [0.05, 0.1) is 23.0 Å². The van der Waals surface area contributed by atoms with E-state index in [1.165, 1.54) is 11.0 Å². The number of amides is 1. The van der Waals surface area contributed by atoms with Gasteiger partial charge in [-0.15, -0.1) is 12.6 Å². The molecule has 31 heavy (non-hydrogen) atoms. The molecule has 1 aromatic rings. The minimum Gasteiger partial charge on any atom is -0.396 e. The molecule has 0 radical (unpaired) electrons. The fourth-order valence-corrected chi connectivity index (χ4v) is 5.52. The van der Waals surface area contributed by atoms with Gasteiger partial charge in [0.2, 0.25) is 5.91 Å². The molecule has 6 nitrogen and oxygen atoms in total. The van der Waals surface area contributed by atoms with Gasteiger partial charge in [0.1, 0.15) is 11.6 Å². The van der Waals surface area contributed by atoms with Crippen LogP contribution in [0, 0.1) is 17.2 Å². The summed E-state index contributed by atoms with van der Waals surface area (Å²) in [6.07, 6.45) is 1.78. The predicted octanol–water partition coefficient (Wildman–Crippen LogP) is 3.94. The van der Waals surface area contributed by atoms with Crippen LogP contribution in [-0.2, 0) is 11.0 Å². The number of aliphatic hydroxyl groups is 1. The highest BCUT2D eigenvalue weighted by Gasteiger charge is 2.54. The number of hydrogen-bond acceptors (Lipinski definition) is 6. The molecule has 1 unspecified atom stereocenters. The maximum atomic E-state index is 13.4. The van der Waals surface area contributed by atoms with E-state index in [9.17, 15) is 18.0 Å². The minimum absolute atomic E-state index is 0.0245. The smallest absolute Gasteiger partial charge is 0.396 e. The van der Waals surface area contributed by atoms with E-state index >= 15 is 0 Å². The Bertz CT molecular complexity index is 863.